The van der Waals surface area contributed by atoms with E-state index in [4.69, 9.17) is 5.73 Å². The minimum absolute atomic E-state index is 0.0173. The quantitative estimate of drug-likeness (QED) is 0.496. The zero-order valence-electron chi connectivity index (χ0n) is 20.0. The predicted octanol–water partition coefficient (Wildman–Crippen LogP) is 5.04. The highest BCUT2D eigenvalue weighted by atomic mass is 16.2. The average Bonchev–Trinajstić information content (AvgIpc) is 3.34. The number of rotatable bonds is 6. The SMILES string of the molecule is Nc1ccc(CNC(=O)C23CCCC(C(=O)CC4c5ccccc5-c5cncn54)(CC2)CC3)cc1. The van der Waals surface area contributed by atoms with Crippen LogP contribution in [0.3, 0.4) is 0 Å². The Balaban J connectivity index is 1.15. The number of fused-ring (bicyclic) bond motifs is 7. The molecule has 1 aliphatic heterocycles. The van der Waals surface area contributed by atoms with Crippen LogP contribution in [-0.2, 0) is 16.1 Å². The van der Waals surface area contributed by atoms with Crippen LogP contribution in [0.4, 0.5) is 5.69 Å². The Bertz CT molecular complexity index is 1270. The number of benzene rings is 2. The summed E-state index contributed by atoms with van der Waals surface area (Å²) < 4.78 is 2.16. The van der Waals surface area contributed by atoms with Crippen molar-refractivity contribution in [3.63, 3.8) is 0 Å². The van der Waals surface area contributed by atoms with Crippen molar-refractivity contribution in [3.05, 3.63) is 72.2 Å². The second-order valence-corrected chi connectivity index (χ2v) is 10.8. The van der Waals surface area contributed by atoms with E-state index in [1.54, 1.807) is 0 Å². The molecule has 2 bridgehead atoms. The molecule has 3 saturated carbocycles. The molecular weight excluding hydrogens is 436 g/mol. The lowest BCUT2D eigenvalue weighted by Crippen LogP contribution is -2.45. The monoisotopic (exact) mass is 468 g/mol. The number of ketones is 1. The Hall–Kier alpha value is -3.41. The third kappa shape index (κ3) is 3.67. The smallest absolute Gasteiger partial charge is 0.226 e. The van der Waals surface area contributed by atoms with Gasteiger partial charge in [0.15, 0.2) is 0 Å². The van der Waals surface area contributed by atoms with Gasteiger partial charge in [-0.25, -0.2) is 4.98 Å². The number of nitrogen functional groups attached to an aromatic ring is 1. The number of hydrogen-bond acceptors (Lipinski definition) is 4. The second-order valence-electron chi connectivity index (χ2n) is 10.8. The molecular formula is C29H32N4O2. The fraction of sp³-hybridized carbons (Fsp3) is 0.414. The summed E-state index contributed by atoms with van der Waals surface area (Å²) in [5, 5.41) is 3.18. The second kappa shape index (κ2) is 8.36. The molecule has 6 nitrogen and oxygen atoms in total. The third-order valence-corrected chi connectivity index (χ3v) is 8.96. The normalized spacial score (nSPS) is 26.6. The van der Waals surface area contributed by atoms with E-state index in [1.807, 2.05) is 42.9 Å². The summed E-state index contributed by atoms with van der Waals surface area (Å²) in [6, 6.07) is 16.0. The van der Waals surface area contributed by atoms with E-state index >= 15 is 0 Å². The zero-order valence-corrected chi connectivity index (χ0v) is 20.0. The summed E-state index contributed by atoms with van der Waals surface area (Å²) in [6.07, 6.45) is 10.2. The summed E-state index contributed by atoms with van der Waals surface area (Å²) in [4.78, 5) is 31.6. The molecule has 1 atom stereocenters. The molecule has 1 aromatic heterocycles. The first-order valence-corrected chi connectivity index (χ1v) is 12.8. The molecule has 7 rings (SSSR count). The lowest BCUT2D eigenvalue weighted by atomic mass is 9.62. The molecule has 3 aliphatic carbocycles. The molecule has 6 heteroatoms. The number of nitrogens with zero attached hydrogens (tertiary/aromatic N) is 2. The van der Waals surface area contributed by atoms with Crippen LogP contribution < -0.4 is 11.1 Å². The number of aromatic nitrogens is 2. The van der Waals surface area contributed by atoms with E-state index in [0.29, 0.717) is 18.7 Å². The first kappa shape index (κ1) is 22.1. The number of carbonyl (C=O) groups is 2. The third-order valence-electron chi connectivity index (χ3n) is 8.96. The molecule has 3 aromatic rings. The summed E-state index contributed by atoms with van der Waals surface area (Å²) >= 11 is 0. The molecule has 1 amide bonds. The molecule has 0 saturated heterocycles. The van der Waals surface area contributed by atoms with Gasteiger partial charge in [-0.2, -0.15) is 0 Å². The van der Waals surface area contributed by atoms with E-state index in [1.165, 1.54) is 11.1 Å². The van der Waals surface area contributed by atoms with Gasteiger partial charge in [-0.05, 0) is 61.8 Å². The van der Waals surface area contributed by atoms with Gasteiger partial charge in [0.25, 0.3) is 0 Å². The highest BCUT2D eigenvalue weighted by molar-refractivity contribution is 5.88. The Morgan fingerprint density at radius 2 is 1.69 bits per heavy atom. The minimum Gasteiger partial charge on any atom is -0.399 e. The number of carbonyl (C=O) groups excluding carboxylic acids is 2. The number of amides is 1. The largest absolute Gasteiger partial charge is 0.399 e. The van der Waals surface area contributed by atoms with Crippen LogP contribution in [0.15, 0.2) is 61.1 Å². The highest BCUT2D eigenvalue weighted by Crippen LogP contribution is 2.56. The maximum atomic E-state index is 13.9. The summed E-state index contributed by atoms with van der Waals surface area (Å²) in [5.41, 5.74) is 10.4. The van der Waals surface area contributed by atoms with Crippen molar-refractivity contribution in [2.75, 3.05) is 5.73 Å². The molecule has 2 heterocycles. The number of Topliss-reactive ketones (excluding diaryl/α,β-unsaturated/α-hetero) is 1. The van der Waals surface area contributed by atoms with Crippen molar-refractivity contribution < 1.29 is 9.59 Å². The first-order chi connectivity index (χ1) is 17.0. The number of nitrogens with two attached hydrogens (primary N) is 1. The summed E-state index contributed by atoms with van der Waals surface area (Å²) in [6.45, 7) is 0.513. The van der Waals surface area contributed by atoms with Crippen LogP contribution in [0.2, 0.25) is 0 Å². The van der Waals surface area contributed by atoms with Crippen LogP contribution in [0.25, 0.3) is 11.3 Å². The maximum absolute atomic E-state index is 13.9. The van der Waals surface area contributed by atoms with Gasteiger partial charge in [-0.1, -0.05) is 42.8 Å². The van der Waals surface area contributed by atoms with E-state index in [-0.39, 0.29) is 22.8 Å². The van der Waals surface area contributed by atoms with Crippen molar-refractivity contribution in [1.29, 1.82) is 0 Å². The molecule has 3 N–H and O–H groups in total. The molecule has 3 fully saturated rings. The van der Waals surface area contributed by atoms with Crippen molar-refractivity contribution in [2.45, 2.75) is 64.0 Å². The summed E-state index contributed by atoms with van der Waals surface area (Å²) in [7, 11) is 0. The Morgan fingerprint density at radius 3 is 2.49 bits per heavy atom. The number of imidazole rings is 1. The van der Waals surface area contributed by atoms with E-state index in [9.17, 15) is 9.59 Å². The molecule has 35 heavy (non-hydrogen) atoms. The van der Waals surface area contributed by atoms with Gasteiger partial charge in [-0.15, -0.1) is 0 Å². The fourth-order valence-corrected chi connectivity index (χ4v) is 6.77. The Morgan fingerprint density at radius 1 is 0.971 bits per heavy atom. The molecule has 0 spiro atoms. The van der Waals surface area contributed by atoms with Crippen LogP contribution >= 0.6 is 0 Å². The van der Waals surface area contributed by atoms with Crippen LogP contribution in [-0.4, -0.2) is 21.2 Å². The van der Waals surface area contributed by atoms with Gasteiger partial charge in [0.2, 0.25) is 5.91 Å². The Labute approximate surface area is 205 Å². The maximum Gasteiger partial charge on any atom is 0.226 e. The average molecular weight is 469 g/mol. The number of nitrogens with one attached hydrogen (secondary N) is 1. The zero-order chi connectivity index (χ0) is 24.0. The highest BCUT2D eigenvalue weighted by Gasteiger charge is 2.52. The van der Waals surface area contributed by atoms with Gasteiger partial charge in [0.05, 0.1) is 24.3 Å². The topological polar surface area (TPSA) is 90.0 Å². The van der Waals surface area contributed by atoms with Crippen LogP contribution in [0, 0.1) is 10.8 Å². The van der Waals surface area contributed by atoms with Gasteiger partial charge >= 0.3 is 0 Å². The molecule has 0 radical (unpaired) electrons. The number of anilines is 1. The Kier molecular flexibility index (Phi) is 5.28. The standard InChI is InChI=1S/C29H32N4O2/c30-21-8-6-20(7-9-21)17-32-27(35)29-11-3-10-28(12-14-29,13-15-29)26(34)16-24-22-4-1-2-5-23(22)25-18-31-19-33(24)25/h1-2,4-9,18-19,24H,3,10-17,30H2,(H,32,35). The van der Waals surface area contributed by atoms with Gasteiger partial charge < -0.3 is 15.6 Å². The van der Waals surface area contributed by atoms with Gasteiger partial charge in [0, 0.05) is 35.0 Å². The van der Waals surface area contributed by atoms with Gasteiger partial charge in [-0.3, -0.25) is 9.59 Å². The van der Waals surface area contributed by atoms with Crippen molar-refractivity contribution in [3.8, 4) is 11.3 Å². The lowest BCUT2D eigenvalue weighted by Gasteiger charge is -2.41. The molecule has 4 aliphatic rings. The van der Waals surface area contributed by atoms with E-state index < -0.39 is 0 Å². The van der Waals surface area contributed by atoms with Gasteiger partial charge in [0.1, 0.15) is 5.78 Å². The van der Waals surface area contributed by atoms with Crippen molar-refractivity contribution >= 4 is 17.4 Å². The lowest BCUT2D eigenvalue weighted by molar-refractivity contribution is -0.139. The number of hydrogen-bond donors (Lipinski definition) is 2. The first-order valence-electron chi connectivity index (χ1n) is 12.8. The predicted molar refractivity (Wildman–Crippen MR) is 135 cm³/mol. The van der Waals surface area contributed by atoms with E-state index in [2.05, 4.69) is 33.1 Å². The fourth-order valence-electron chi connectivity index (χ4n) is 6.77. The molecule has 180 valence electrons. The van der Waals surface area contributed by atoms with Crippen LogP contribution in [0.5, 0.6) is 0 Å². The molecule has 1 unspecified atom stereocenters. The van der Waals surface area contributed by atoms with Crippen molar-refractivity contribution in [2.24, 2.45) is 10.8 Å². The van der Waals surface area contributed by atoms with E-state index in [0.717, 1.165) is 61.9 Å². The summed E-state index contributed by atoms with van der Waals surface area (Å²) in [5.74, 6) is 0.502. The van der Waals surface area contributed by atoms with Crippen molar-refractivity contribution in [1.82, 2.24) is 14.9 Å². The van der Waals surface area contributed by atoms with Crippen LogP contribution in [0.1, 0.15) is 68.5 Å². The minimum atomic E-state index is -0.342. The molecule has 2 aromatic carbocycles.